The van der Waals surface area contributed by atoms with Crippen molar-refractivity contribution in [2.75, 3.05) is 4.90 Å². The van der Waals surface area contributed by atoms with Gasteiger partial charge in [0.1, 0.15) is 5.82 Å². The monoisotopic (exact) mass is 444 g/mol. The van der Waals surface area contributed by atoms with Crippen LogP contribution in [0.25, 0.3) is 6.08 Å². The fraction of sp³-hybridized carbons (Fsp3) is 0.185. The van der Waals surface area contributed by atoms with Gasteiger partial charge in [0, 0.05) is 17.2 Å². The normalized spacial score (nSPS) is 15.1. The van der Waals surface area contributed by atoms with E-state index < -0.39 is 0 Å². The lowest BCUT2D eigenvalue weighted by Crippen LogP contribution is -2.37. The molecule has 0 aromatic heterocycles. The lowest BCUT2D eigenvalue weighted by Gasteiger charge is -2.30. The zero-order chi connectivity index (χ0) is 23.4. The van der Waals surface area contributed by atoms with Crippen molar-refractivity contribution in [1.82, 2.24) is 5.32 Å². The van der Waals surface area contributed by atoms with Gasteiger partial charge in [-0.05, 0) is 55.3 Å². The van der Waals surface area contributed by atoms with E-state index in [4.69, 9.17) is 4.74 Å². The molecule has 1 aliphatic heterocycles. The van der Waals surface area contributed by atoms with Gasteiger partial charge in [0.25, 0.3) is 11.8 Å². The first-order chi connectivity index (χ1) is 16.0. The SMILES string of the molecule is CCC(C)NC(=O)c1ccc(C=C2Oc3ccccc3N(Cc3ccccc3F)C2=O)cc1. The third-order valence-corrected chi connectivity index (χ3v) is 5.58. The number of anilines is 1. The molecule has 0 bridgehead atoms. The average Bonchev–Trinajstić information content (AvgIpc) is 2.83. The van der Waals surface area contributed by atoms with Gasteiger partial charge in [0.05, 0.1) is 12.2 Å². The number of para-hydroxylation sites is 2. The Hall–Kier alpha value is -3.93. The van der Waals surface area contributed by atoms with Crippen LogP contribution in [0, 0.1) is 5.82 Å². The van der Waals surface area contributed by atoms with Crippen molar-refractivity contribution >= 4 is 23.6 Å². The van der Waals surface area contributed by atoms with Crippen LogP contribution in [0.5, 0.6) is 5.75 Å². The van der Waals surface area contributed by atoms with Gasteiger partial charge in [-0.3, -0.25) is 14.5 Å². The molecule has 5 nitrogen and oxygen atoms in total. The molecule has 0 spiro atoms. The minimum atomic E-state index is -0.369. The standard InChI is InChI=1S/C27H25FN2O3/c1-3-18(2)29-26(31)20-14-12-19(13-15-20)16-25-27(32)30(17-21-8-4-5-9-22(21)28)23-10-6-7-11-24(23)33-25/h4-16,18H,3,17H2,1-2H3,(H,29,31). The number of hydrogen-bond acceptors (Lipinski definition) is 3. The highest BCUT2D eigenvalue weighted by Crippen LogP contribution is 2.36. The zero-order valence-electron chi connectivity index (χ0n) is 18.5. The Bertz CT molecular complexity index is 1200. The third kappa shape index (κ3) is 4.95. The molecule has 3 aromatic carbocycles. The van der Waals surface area contributed by atoms with E-state index in [9.17, 15) is 14.0 Å². The van der Waals surface area contributed by atoms with Crippen LogP contribution in [-0.4, -0.2) is 17.9 Å². The third-order valence-electron chi connectivity index (χ3n) is 5.58. The van der Waals surface area contributed by atoms with Gasteiger partial charge >= 0.3 is 0 Å². The largest absolute Gasteiger partial charge is 0.449 e. The molecule has 1 N–H and O–H groups in total. The lowest BCUT2D eigenvalue weighted by molar-refractivity contribution is -0.117. The number of nitrogens with zero attached hydrogens (tertiary/aromatic N) is 1. The van der Waals surface area contributed by atoms with Crippen molar-refractivity contribution in [3.8, 4) is 5.75 Å². The summed E-state index contributed by atoms with van der Waals surface area (Å²) < 4.78 is 20.2. The number of ether oxygens (including phenoxy) is 1. The van der Waals surface area contributed by atoms with Crippen LogP contribution in [0.2, 0.25) is 0 Å². The predicted octanol–water partition coefficient (Wildman–Crippen LogP) is 5.32. The van der Waals surface area contributed by atoms with Crippen LogP contribution in [0.1, 0.15) is 41.8 Å². The molecule has 6 heteroatoms. The van der Waals surface area contributed by atoms with Crippen LogP contribution in [-0.2, 0) is 11.3 Å². The molecule has 1 unspecified atom stereocenters. The van der Waals surface area contributed by atoms with E-state index in [0.29, 0.717) is 28.1 Å². The van der Waals surface area contributed by atoms with Gasteiger partial charge in [-0.1, -0.05) is 49.4 Å². The molecule has 168 valence electrons. The highest BCUT2D eigenvalue weighted by Gasteiger charge is 2.30. The van der Waals surface area contributed by atoms with Gasteiger partial charge < -0.3 is 10.1 Å². The molecule has 1 heterocycles. The molecule has 0 radical (unpaired) electrons. The molecule has 0 fully saturated rings. The Labute approximate surface area is 192 Å². The molecule has 0 aliphatic carbocycles. The summed E-state index contributed by atoms with van der Waals surface area (Å²) >= 11 is 0. The summed E-state index contributed by atoms with van der Waals surface area (Å²) in [6, 6.07) is 20.6. The van der Waals surface area contributed by atoms with Crippen molar-refractivity contribution in [3.63, 3.8) is 0 Å². The van der Waals surface area contributed by atoms with Gasteiger partial charge in [-0.25, -0.2) is 4.39 Å². The highest BCUT2D eigenvalue weighted by atomic mass is 19.1. The Balaban J connectivity index is 1.61. The molecule has 2 amide bonds. The van der Waals surface area contributed by atoms with Crippen molar-refractivity contribution in [1.29, 1.82) is 0 Å². The van der Waals surface area contributed by atoms with E-state index in [2.05, 4.69) is 5.32 Å². The van der Waals surface area contributed by atoms with Gasteiger partial charge in [0.2, 0.25) is 0 Å². The molecular weight excluding hydrogens is 419 g/mol. The summed E-state index contributed by atoms with van der Waals surface area (Å²) in [5.41, 5.74) is 2.25. The summed E-state index contributed by atoms with van der Waals surface area (Å²) in [7, 11) is 0. The molecular formula is C27H25FN2O3. The molecule has 0 saturated carbocycles. The Morgan fingerprint density at radius 2 is 1.76 bits per heavy atom. The topological polar surface area (TPSA) is 58.6 Å². The second kappa shape index (κ2) is 9.69. The number of amides is 2. The van der Waals surface area contributed by atoms with E-state index in [1.165, 1.54) is 11.0 Å². The number of rotatable bonds is 6. The minimum absolute atomic E-state index is 0.0813. The van der Waals surface area contributed by atoms with Gasteiger partial charge in [-0.15, -0.1) is 0 Å². The first-order valence-electron chi connectivity index (χ1n) is 10.9. The average molecular weight is 445 g/mol. The van der Waals surface area contributed by atoms with Crippen LogP contribution in [0.15, 0.2) is 78.6 Å². The van der Waals surface area contributed by atoms with E-state index in [1.54, 1.807) is 60.7 Å². The fourth-order valence-corrected chi connectivity index (χ4v) is 3.51. The Kier molecular flexibility index (Phi) is 6.54. The molecule has 3 aromatic rings. The molecule has 1 aliphatic rings. The van der Waals surface area contributed by atoms with Crippen LogP contribution in [0.3, 0.4) is 0 Å². The number of halogens is 1. The number of carbonyl (C=O) groups excluding carboxylic acids is 2. The highest BCUT2D eigenvalue weighted by molar-refractivity contribution is 6.09. The summed E-state index contributed by atoms with van der Waals surface area (Å²) in [6.45, 7) is 4.04. The second-order valence-corrected chi connectivity index (χ2v) is 7.97. The van der Waals surface area contributed by atoms with Gasteiger partial charge in [-0.2, -0.15) is 0 Å². The first-order valence-corrected chi connectivity index (χ1v) is 10.9. The number of carbonyl (C=O) groups is 2. The van der Waals surface area contributed by atoms with E-state index in [0.717, 1.165) is 6.42 Å². The maximum Gasteiger partial charge on any atom is 0.294 e. The molecule has 4 rings (SSSR count). The molecule has 0 saturated heterocycles. The van der Waals surface area contributed by atoms with Crippen molar-refractivity contribution < 1.29 is 18.7 Å². The first kappa shape index (κ1) is 22.3. The summed E-state index contributed by atoms with van der Waals surface area (Å²) in [6.07, 6.45) is 2.48. The lowest BCUT2D eigenvalue weighted by atomic mass is 10.1. The predicted molar refractivity (Wildman–Crippen MR) is 126 cm³/mol. The number of fused-ring (bicyclic) bond motifs is 1. The summed E-state index contributed by atoms with van der Waals surface area (Å²) in [4.78, 5) is 27.1. The zero-order valence-corrected chi connectivity index (χ0v) is 18.5. The van der Waals surface area contributed by atoms with E-state index in [-0.39, 0.29) is 36.0 Å². The fourth-order valence-electron chi connectivity index (χ4n) is 3.51. The van der Waals surface area contributed by atoms with Crippen molar-refractivity contribution in [3.05, 3.63) is 101 Å². The maximum atomic E-state index is 14.3. The van der Waals surface area contributed by atoms with E-state index in [1.807, 2.05) is 26.0 Å². The Morgan fingerprint density at radius 3 is 2.48 bits per heavy atom. The number of benzene rings is 3. The number of nitrogens with one attached hydrogen (secondary N) is 1. The molecule has 33 heavy (non-hydrogen) atoms. The summed E-state index contributed by atoms with van der Waals surface area (Å²) in [5.74, 6) is -0.230. The van der Waals surface area contributed by atoms with Crippen LogP contribution >= 0.6 is 0 Å². The minimum Gasteiger partial charge on any atom is -0.449 e. The smallest absolute Gasteiger partial charge is 0.294 e. The molecule has 1 atom stereocenters. The van der Waals surface area contributed by atoms with Crippen LogP contribution < -0.4 is 15.0 Å². The van der Waals surface area contributed by atoms with Crippen molar-refractivity contribution in [2.45, 2.75) is 32.9 Å². The maximum absolute atomic E-state index is 14.3. The second-order valence-electron chi connectivity index (χ2n) is 7.97. The van der Waals surface area contributed by atoms with Gasteiger partial charge in [0.15, 0.2) is 11.5 Å². The Morgan fingerprint density at radius 1 is 1.06 bits per heavy atom. The van der Waals surface area contributed by atoms with Crippen molar-refractivity contribution in [2.24, 2.45) is 0 Å². The van der Waals surface area contributed by atoms with E-state index >= 15 is 0 Å². The number of hydrogen-bond donors (Lipinski definition) is 1. The quantitative estimate of drug-likeness (QED) is 0.524. The van der Waals surface area contributed by atoms with Crippen LogP contribution in [0.4, 0.5) is 10.1 Å². The summed E-state index contributed by atoms with van der Waals surface area (Å²) in [5, 5.41) is 2.93.